The van der Waals surface area contributed by atoms with Gasteiger partial charge in [0, 0.05) is 30.2 Å². The minimum Gasteiger partial charge on any atom is -0.453 e. The summed E-state index contributed by atoms with van der Waals surface area (Å²) in [7, 11) is 3.86. The summed E-state index contributed by atoms with van der Waals surface area (Å²) in [5.41, 5.74) is 6.47. The number of ether oxygens (including phenoxy) is 1. The second-order valence-corrected chi connectivity index (χ2v) is 4.70. The molecule has 0 saturated carbocycles. The Morgan fingerprint density at radius 3 is 2.81 bits per heavy atom. The van der Waals surface area contributed by atoms with E-state index in [4.69, 9.17) is 10.5 Å². The molecule has 0 saturated heterocycles. The van der Waals surface area contributed by atoms with Crippen molar-refractivity contribution in [3.63, 3.8) is 0 Å². The number of nitrogens with two attached hydrogens (primary N) is 1. The predicted octanol–water partition coefficient (Wildman–Crippen LogP) is 2.51. The van der Waals surface area contributed by atoms with Crippen molar-refractivity contribution in [3.05, 3.63) is 48.0 Å². The fourth-order valence-corrected chi connectivity index (χ4v) is 1.58. The normalized spacial score (nSPS) is 10.1. The number of pyridine rings is 1. The molecular formula is C16H16FN3O. The van der Waals surface area contributed by atoms with Gasteiger partial charge in [-0.1, -0.05) is 11.8 Å². The molecule has 0 unspecified atom stereocenters. The number of nitrogens with zero attached hydrogens (tertiary/aromatic N) is 2. The SMILES string of the molecule is CN(C)CC#Cc1cnccc1Oc1ccc(N)cc1F. The number of benzene rings is 1. The van der Waals surface area contributed by atoms with E-state index >= 15 is 0 Å². The number of rotatable bonds is 3. The lowest BCUT2D eigenvalue weighted by molar-refractivity contribution is 0.441. The molecule has 0 atom stereocenters. The van der Waals surface area contributed by atoms with Crippen molar-refractivity contribution in [2.24, 2.45) is 0 Å². The highest BCUT2D eigenvalue weighted by Gasteiger charge is 2.08. The standard InChI is InChI=1S/C16H16FN3O/c1-20(2)9-3-4-12-11-19-8-7-15(12)21-16-6-5-13(18)10-14(16)17/h5-8,10-11H,9,18H2,1-2H3. The smallest absolute Gasteiger partial charge is 0.167 e. The van der Waals surface area contributed by atoms with Gasteiger partial charge in [0.05, 0.1) is 12.1 Å². The number of hydrogen-bond acceptors (Lipinski definition) is 4. The third-order valence-corrected chi connectivity index (χ3v) is 2.58. The minimum atomic E-state index is -0.515. The first-order valence-corrected chi connectivity index (χ1v) is 6.37. The zero-order valence-corrected chi connectivity index (χ0v) is 11.9. The summed E-state index contributed by atoms with van der Waals surface area (Å²) in [4.78, 5) is 5.96. The van der Waals surface area contributed by atoms with Gasteiger partial charge in [0.15, 0.2) is 11.6 Å². The van der Waals surface area contributed by atoms with Crippen LogP contribution in [0.15, 0.2) is 36.7 Å². The number of anilines is 1. The Bertz CT molecular complexity index is 689. The molecule has 2 N–H and O–H groups in total. The molecule has 0 fully saturated rings. The van der Waals surface area contributed by atoms with Gasteiger partial charge in [-0.3, -0.25) is 9.88 Å². The molecule has 108 valence electrons. The van der Waals surface area contributed by atoms with E-state index in [1.54, 1.807) is 24.5 Å². The Kier molecular flexibility index (Phi) is 4.75. The van der Waals surface area contributed by atoms with Crippen LogP contribution in [0.3, 0.4) is 0 Å². The molecule has 4 nitrogen and oxygen atoms in total. The molecule has 0 aliphatic carbocycles. The second-order valence-electron chi connectivity index (χ2n) is 4.70. The average Bonchev–Trinajstić information content (AvgIpc) is 2.43. The van der Waals surface area contributed by atoms with E-state index < -0.39 is 5.82 Å². The van der Waals surface area contributed by atoms with E-state index in [1.807, 2.05) is 19.0 Å². The summed E-state index contributed by atoms with van der Waals surface area (Å²) in [5.74, 6) is 6.01. The average molecular weight is 285 g/mol. The fourth-order valence-electron chi connectivity index (χ4n) is 1.58. The molecule has 0 bridgehead atoms. The highest BCUT2D eigenvalue weighted by atomic mass is 19.1. The maximum absolute atomic E-state index is 13.8. The molecule has 2 rings (SSSR count). The Morgan fingerprint density at radius 2 is 2.10 bits per heavy atom. The van der Waals surface area contributed by atoms with Gasteiger partial charge in [0.2, 0.25) is 0 Å². The summed E-state index contributed by atoms with van der Waals surface area (Å²) in [6.45, 7) is 0.616. The van der Waals surface area contributed by atoms with Crippen LogP contribution in [-0.4, -0.2) is 30.5 Å². The third-order valence-electron chi connectivity index (χ3n) is 2.58. The summed E-state index contributed by atoms with van der Waals surface area (Å²) >= 11 is 0. The maximum Gasteiger partial charge on any atom is 0.167 e. The van der Waals surface area contributed by atoms with Crippen LogP contribution in [0.1, 0.15) is 5.56 Å². The summed E-state index contributed by atoms with van der Waals surface area (Å²) in [6.07, 6.45) is 3.16. The first-order chi connectivity index (χ1) is 10.1. The first kappa shape index (κ1) is 14.8. The van der Waals surface area contributed by atoms with E-state index in [1.165, 1.54) is 12.1 Å². The van der Waals surface area contributed by atoms with Gasteiger partial charge >= 0.3 is 0 Å². The first-order valence-electron chi connectivity index (χ1n) is 6.37. The number of nitrogen functional groups attached to an aromatic ring is 1. The van der Waals surface area contributed by atoms with Crippen molar-refractivity contribution in [3.8, 4) is 23.3 Å². The van der Waals surface area contributed by atoms with Crippen molar-refractivity contribution in [2.75, 3.05) is 26.4 Å². The lowest BCUT2D eigenvalue weighted by Crippen LogP contribution is -2.10. The van der Waals surface area contributed by atoms with Crippen molar-refractivity contribution in [1.82, 2.24) is 9.88 Å². The summed E-state index contributed by atoms with van der Waals surface area (Å²) in [6, 6.07) is 5.93. The van der Waals surface area contributed by atoms with Crippen molar-refractivity contribution < 1.29 is 9.13 Å². The minimum absolute atomic E-state index is 0.103. The van der Waals surface area contributed by atoms with Crippen LogP contribution in [0.2, 0.25) is 0 Å². The largest absolute Gasteiger partial charge is 0.453 e. The third kappa shape index (κ3) is 4.20. The van der Waals surface area contributed by atoms with Crippen molar-refractivity contribution in [1.29, 1.82) is 0 Å². The zero-order valence-electron chi connectivity index (χ0n) is 11.9. The van der Waals surface area contributed by atoms with Gasteiger partial charge in [-0.15, -0.1) is 0 Å². The van der Waals surface area contributed by atoms with E-state index in [0.29, 0.717) is 23.5 Å². The molecular weight excluding hydrogens is 269 g/mol. The Morgan fingerprint density at radius 1 is 1.29 bits per heavy atom. The monoisotopic (exact) mass is 285 g/mol. The van der Waals surface area contributed by atoms with Crippen LogP contribution in [0.4, 0.5) is 10.1 Å². The number of halogens is 1. The molecule has 1 aromatic carbocycles. The van der Waals surface area contributed by atoms with Crippen molar-refractivity contribution >= 4 is 5.69 Å². The lowest BCUT2D eigenvalue weighted by atomic mass is 10.2. The van der Waals surface area contributed by atoms with Gasteiger partial charge < -0.3 is 10.5 Å². The predicted molar refractivity (Wildman–Crippen MR) is 80.6 cm³/mol. The van der Waals surface area contributed by atoms with Gasteiger partial charge in [-0.25, -0.2) is 4.39 Å². The Balaban J connectivity index is 2.25. The van der Waals surface area contributed by atoms with E-state index in [9.17, 15) is 4.39 Å². The molecule has 1 heterocycles. The van der Waals surface area contributed by atoms with E-state index in [-0.39, 0.29) is 5.75 Å². The summed E-state index contributed by atoms with van der Waals surface area (Å²) < 4.78 is 19.3. The molecule has 1 aromatic heterocycles. The van der Waals surface area contributed by atoms with Gasteiger partial charge in [0.25, 0.3) is 0 Å². The molecule has 0 radical (unpaired) electrons. The quantitative estimate of drug-likeness (QED) is 0.695. The molecule has 0 aliphatic rings. The van der Waals surface area contributed by atoms with Crippen LogP contribution < -0.4 is 10.5 Å². The van der Waals surface area contributed by atoms with Crippen LogP contribution in [0.25, 0.3) is 0 Å². The van der Waals surface area contributed by atoms with Gasteiger partial charge in [-0.05, 0) is 26.2 Å². The molecule has 0 aliphatic heterocycles. The second kappa shape index (κ2) is 6.73. The maximum atomic E-state index is 13.8. The molecule has 0 spiro atoms. The van der Waals surface area contributed by atoms with Crippen LogP contribution in [0, 0.1) is 17.7 Å². The highest BCUT2D eigenvalue weighted by Crippen LogP contribution is 2.27. The van der Waals surface area contributed by atoms with Crippen LogP contribution >= 0.6 is 0 Å². The number of aromatic nitrogens is 1. The number of hydrogen-bond donors (Lipinski definition) is 1. The topological polar surface area (TPSA) is 51.4 Å². The Labute approximate surface area is 123 Å². The van der Waals surface area contributed by atoms with E-state index in [0.717, 1.165) is 0 Å². The molecule has 5 heteroatoms. The van der Waals surface area contributed by atoms with E-state index in [2.05, 4.69) is 16.8 Å². The summed E-state index contributed by atoms with van der Waals surface area (Å²) in [5, 5.41) is 0. The Hall–Kier alpha value is -2.58. The molecule has 0 amide bonds. The van der Waals surface area contributed by atoms with Crippen LogP contribution in [-0.2, 0) is 0 Å². The molecule has 21 heavy (non-hydrogen) atoms. The lowest BCUT2D eigenvalue weighted by Gasteiger charge is -2.08. The van der Waals surface area contributed by atoms with Gasteiger partial charge in [0.1, 0.15) is 5.75 Å². The molecule has 2 aromatic rings. The fraction of sp³-hybridized carbons (Fsp3) is 0.188. The highest BCUT2D eigenvalue weighted by molar-refractivity contribution is 5.48. The van der Waals surface area contributed by atoms with Crippen molar-refractivity contribution in [2.45, 2.75) is 0 Å². The van der Waals surface area contributed by atoms with Gasteiger partial charge in [-0.2, -0.15) is 0 Å². The zero-order chi connectivity index (χ0) is 15.2. The van der Waals surface area contributed by atoms with Crippen LogP contribution in [0.5, 0.6) is 11.5 Å².